The second-order valence-electron chi connectivity index (χ2n) is 3.26. The topological polar surface area (TPSA) is 110 Å². The summed E-state index contributed by atoms with van der Waals surface area (Å²) >= 11 is 3.24. The Morgan fingerprint density at radius 1 is 1.50 bits per heavy atom. The first-order valence-corrected chi connectivity index (χ1v) is 5.34. The zero-order valence-electron chi connectivity index (χ0n) is 8.21. The Balaban J connectivity index is 2.52. The van der Waals surface area contributed by atoms with Crippen LogP contribution in [0.5, 0.6) is 0 Å². The molecule has 86 valence electrons. The van der Waals surface area contributed by atoms with Crippen LogP contribution in [0.25, 0.3) is 11.2 Å². The number of imidazole rings is 1. The van der Waals surface area contributed by atoms with Crippen LogP contribution in [0.1, 0.15) is 0 Å². The molecule has 0 saturated carbocycles. The summed E-state index contributed by atoms with van der Waals surface area (Å²) in [5.74, 6) is 0.280. The second-order valence-corrected chi connectivity index (χ2v) is 3.97. The molecule has 0 saturated heterocycles. The van der Waals surface area contributed by atoms with E-state index in [4.69, 9.17) is 10.8 Å². The van der Waals surface area contributed by atoms with Crippen molar-refractivity contribution in [2.75, 3.05) is 12.3 Å². The molecule has 0 spiro atoms. The Morgan fingerprint density at radius 2 is 2.25 bits per heavy atom. The van der Waals surface area contributed by atoms with Gasteiger partial charge in [0.2, 0.25) is 0 Å². The average Bonchev–Trinajstić information content (AvgIpc) is 2.58. The molecule has 0 aromatic carbocycles. The number of nitrogen functional groups attached to an aromatic ring is 1. The van der Waals surface area contributed by atoms with E-state index in [-0.39, 0.29) is 19.0 Å². The number of aliphatic hydroxyl groups excluding tert-OH is 2. The van der Waals surface area contributed by atoms with Gasteiger partial charge in [0.25, 0.3) is 0 Å². The number of fused-ring (bicyclic) bond motifs is 1. The summed E-state index contributed by atoms with van der Waals surface area (Å²) in [6.07, 6.45) is 0.457. The first-order chi connectivity index (χ1) is 7.63. The third-order valence-corrected chi connectivity index (χ3v) is 2.72. The number of halogens is 1. The molecule has 0 aliphatic heterocycles. The minimum absolute atomic E-state index is 0.185. The normalized spacial score (nSPS) is 13.2. The number of aromatic nitrogens is 4. The van der Waals surface area contributed by atoms with Crippen LogP contribution < -0.4 is 5.73 Å². The van der Waals surface area contributed by atoms with Crippen molar-refractivity contribution in [3.63, 3.8) is 0 Å². The van der Waals surface area contributed by atoms with Crippen LogP contribution in [0.2, 0.25) is 0 Å². The number of hydrogen-bond acceptors (Lipinski definition) is 6. The van der Waals surface area contributed by atoms with Gasteiger partial charge in [0.1, 0.15) is 6.33 Å². The predicted octanol–water partition coefficient (Wildman–Crippen LogP) is -0.476. The van der Waals surface area contributed by atoms with Crippen molar-refractivity contribution in [1.29, 1.82) is 0 Å². The van der Waals surface area contributed by atoms with Gasteiger partial charge in [-0.05, 0) is 15.9 Å². The molecule has 0 unspecified atom stereocenters. The third-order valence-electron chi connectivity index (χ3n) is 2.12. The molecule has 1 atom stereocenters. The highest BCUT2D eigenvalue weighted by molar-refractivity contribution is 9.10. The molecule has 2 rings (SSSR count). The fourth-order valence-corrected chi connectivity index (χ4v) is 1.85. The summed E-state index contributed by atoms with van der Waals surface area (Å²) in [7, 11) is 0. The van der Waals surface area contributed by atoms with Gasteiger partial charge < -0.3 is 20.5 Å². The third kappa shape index (κ3) is 1.86. The molecule has 0 amide bonds. The van der Waals surface area contributed by atoms with Crippen LogP contribution in [0.15, 0.2) is 11.1 Å². The van der Waals surface area contributed by atoms with Gasteiger partial charge in [-0.15, -0.1) is 0 Å². The molecule has 0 fully saturated rings. The van der Waals surface area contributed by atoms with Gasteiger partial charge >= 0.3 is 0 Å². The van der Waals surface area contributed by atoms with Crippen LogP contribution in [0.3, 0.4) is 0 Å². The molecule has 16 heavy (non-hydrogen) atoms. The Kier molecular flexibility index (Phi) is 3.03. The highest BCUT2D eigenvalue weighted by atomic mass is 79.9. The highest BCUT2D eigenvalue weighted by Crippen LogP contribution is 2.21. The summed E-state index contributed by atoms with van der Waals surface area (Å²) in [4.78, 5) is 12.0. The molecule has 2 aromatic heterocycles. The van der Waals surface area contributed by atoms with Crippen molar-refractivity contribution in [3.05, 3.63) is 11.1 Å². The van der Waals surface area contributed by atoms with Crippen LogP contribution in [0, 0.1) is 0 Å². The number of nitrogens with zero attached hydrogens (tertiary/aromatic N) is 4. The molecular formula is C8H10BrN5O2. The molecule has 0 aliphatic carbocycles. The van der Waals surface area contributed by atoms with Gasteiger partial charge in [-0.25, -0.2) is 15.0 Å². The van der Waals surface area contributed by atoms with Crippen LogP contribution in [-0.2, 0) is 6.54 Å². The van der Waals surface area contributed by atoms with E-state index in [0.29, 0.717) is 15.9 Å². The Hall–Kier alpha value is -1.25. The van der Waals surface area contributed by atoms with E-state index < -0.39 is 6.10 Å². The molecule has 4 N–H and O–H groups in total. The fraction of sp³-hybridized carbons (Fsp3) is 0.375. The van der Waals surface area contributed by atoms with E-state index in [1.165, 1.54) is 6.33 Å². The summed E-state index contributed by atoms with van der Waals surface area (Å²) < 4.78 is 2.11. The first kappa shape index (κ1) is 11.2. The lowest BCUT2D eigenvalue weighted by atomic mass is 10.4. The van der Waals surface area contributed by atoms with Gasteiger partial charge in [-0.2, -0.15) is 0 Å². The first-order valence-electron chi connectivity index (χ1n) is 4.54. The molecule has 0 aliphatic rings. The summed E-state index contributed by atoms with van der Waals surface area (Å²) in [6, 6.07) is 0. The smallest absolute Gasteiger partial charge is 0.179 e. The lowest BCUT2D eigenvalue weighted by Crippen LogP contribution is -2.20. The largest absolute Gasteiger partial charge is 0.394 e. The van der Waals surface area contributed by atoms with Crippen LogP contribution in [-0.4, -0.2) is 42.4 Å². The SMILES string of the molecule is Nc1ncnc2c1nc(Br)n2C[C@@H](O)CO. The van der Waals surface area contributed by atoms with Crippen molar-refractivity contribution in [2.24, 2.45) is 0 Å². The van der Waals surface area contributed by atoms with Crippen molar-refractivity contribution < 1.29 is 10.2 Å². The van der Waals surface area contributed by atoms with E-state index in [0.717, 1.165) is 0 Å². The average molecular weight is 288 g/mol. The minimum Gasteiger partial charge on any atom is -0.394 e. The molecule has 0 bridgehead atoms. The van der Waals surface area contributed by atoms with Gasteiger partial charge in [-0.3, -0.25) is 0 Å². The van der Waals surface area contributed by atoms with E-state index in [9.17, 15) is 5.11 Å². The monoisotopic (exact) mass is 287 g/mol. The molecule has 7 nitrogen and oxygen atoms in total. The Labute approximate surface area is 99.1 Å². The van der Waals surface area contributed by atoms with E-state index in [1.807, 2.05) is 0 Å². The quantitative estimate of drug-likeness (QED) is 0.658. The molecule has 0 radical (unpaired) electrons. The van der Waals surface area contributed by atoms with Crippen molar-refractivity contribution in [3.8, 4) is 0 Å². The maximum absolute atomic E-state index is 9.39. The fourth-order valence-electron chi connectivity index (χ4n) is 1.36. The van der Waals surface area contributed by atoms with Crippen LogP contribution in [0.4, 0.5) is 5.82 Å². The second kappa shape index (κ2) is 4.32. The van der Waals surface area contributed by atoms with Gasteiger partial charge in [0.05, 0.1) is 19.3 Å². The molecular weight excluding hydrogens is 278 g/mol. The number of anilines is 1. The molecule has 2 heterocycles. The standard InChI is InChI=1S/C8H10BrN5O2/c9-8-13-5-6(10)11-3-12-7(5)14(8)1-4(16)2-15/h3-4,15-16H,1-2H2,(H2,10,11,12)/t4-/m1/s1. The van der Waals surface area contributed by atoms with E-state index >= 15 is 0 Å². The summed E-state index contributed by atoms with van der Waals surface area (Å²) in [5.41, 5.74) is 6.63. The molecule has 8 heteroatoms. The van der Waals surface area contributed by atoms with Crippen LogP contribution >= 0.6 is 15.9 Å². The Morgan fingerprint density at radius 3 is 2.94 bits per heavy atom. The van der Waals surface area contributed by atoms with Gasteiger partial charge in [0.15, 0.2) is 21.7 Å². The number of hydrogen-bond donors (Lipinski definition) is 3. The predicted molar refractivity (Wildman–Crippen MR) is 60.5 cm³/mol. The minimum atomic E-state index is -0.870. The number of rotatable bonds is 3. The van der Waals surface area contributed by atoms with E-state index in [2.05, 4.69) is 30.9 Å². The summed E-state index contributed by atoms with van der Waals surface area (Å²) in [6.45, 7) is -0.142. The summed E-state index contributed by atoms with van der Waals surface area (Å²) in [5, 5.41) is 18.2. The maximum Gasteiger partial charge on any atom is 0.179 e. The van der Waals surface area contributed by atoms with Crippen molar-refractivity contribution in [2.45, 2.75) is 12.6 Å². The zero-order chi connectivity index (χ0) is 11.7. The lowest BCUT2D eigenvalue weighted by Gasteiger charge is -2.09. The van der Waals surface area contributed by atoms with E-state index in [1.54, 1.807) is 4.57 Å². The highest BCUT2D eigenvalue weighted by Gasteiger charge is 2.15. The van der Waals surface area contributed by atoms with Gasteiger partial charge in [0, 0.05) is 0 Å². The lowest BCUT2D eigenvalue weighted by molar-refractivity contribution is 0.0815. The number of aliphatic hydroxyl groups is 2. The number of nitrogens with two attached hydrogens (primary N) is 1. The van der Waals surface area contributed by atoms with Crippen molar-refractivity contribution in [1.82, 2.24) is 19.5 Å². The zero-order valence-corrected chi connectivity index (χ0v) is 9.79. The Bertz CT molecular complexity index is 514. The maximum atomic E-state index is 9.39. The van der Waals surface area contributed by atoms with Gasteiger partial charge in [-0.1, -0.05) is 0 Å². The molecule has 2 aromatic rings. The van der Waals surface area contributed by atoms with Crippen molar-refractivity contribution >= 4 is 32.9 Å².